The number of nitrogens with zero attached hydrogens (tertiary/aromatic N) is 3. The summed E-state index contributed by atoms with van der Waals surface area (Å²) >= 11 is 0. The van der Waals surface area contributed by atoms with Crippen LogP contribution in [0.15, 0.2) is 60.8 Å². The van der Waals surface area contributed by atoms with Crippen molar-refractivity contribution in [1.29, 1.82) is 0 Å². The van der Waals surface area contributed by atoms with Gasteiger partial charge in [-0.2, -0.15) is 18.3 Å². The first-order valence-electron chi connectivity index (χ1n) is 10.2. The summed E-state index contributed by atoms with van der Waals surface area (Å²) in [5, 5.41) is 7.24. The van der Waals surface area contributed by atoms with E-state index in [1.807, 2.05) is 37.3 Å². The van der Waals surface area contributed by atoms with Gasteiger partial charge in [-0.1, -0.05) is 42.5 Å². The van der Waals surface area contributed by atoms with Gasteiger partial charge in [0.25, 0.3) is 5.91 Å². The van der Waals surface area contributed by atoms with Crippen LogP contribution in [0.4, 0.5) is 13.2 Å². The smallest absolute Gasteiger partial charge is 0.378 e. The number of carbonyl (C=O) groups is 1. The Bertz CT molecular complexity index is 1300. The van der Waals surface area contributed by atoms with Crippen molar-refractivity contribution in [3.63, 3.8) is 0 Å². The van der Waals surface area contributed by atoms with Crippen LogP contribution in [0.1, 0.15) is 32.9 Å². The third kappa shape index (κ3) is 4.58. The summed E-state index contributed by atoms with van der Waals surface area (Å²) in [6, 6.07) is 14.5. The highest BCUT2D eigenvalue weighted by molar-refractivity contribution is 5.95. The summed E-state index contributed by atoms with van der Waals surface area (Å²) in [7, 11) is 1.51. The number of fused-ring (bicyclic) bond motifs is 1. The minimum absolute atomic E-state index is 0.0688. The maximum absolute atomic E-state index is 13.0. The fourth-order valence-electron chi connectivity index (χ4n) is 3.68. The van der Waals surface area contributed by atoms with Crippen LogP contribution in [0.2, 0.25) is 0 Å². The molecule has 0 aliphatic heterocycles. The molecule has 0 bridgehead atoms. The van der Waals surface area contributed by atoms with Gasteiger partial charge in [-0.05, 0) is 30.2 Å². The van der Waals surface area contributed by atoms with Crippen LogP contribution in [-0.4, -0.2) is 27.6 Å². The summed E-state index contributed by atoms with van der Waals surface area (Å²) in [5.41, 5.74) is 3.42. The van der Waals surface area contributed by atoms with E-state index in [-0.39, 0.29) is 18.7 Å². The Kier molecular flexibility index (Phi) is 6.15. The van der Waals surface area contributed by atoms with Crippen LogP contribution in [0.5, 0.6) is 0 Å². The molecule has 1 amide bonds. The Morgan fingerprint density at radius 2 is 1.88 bits per heavy atom. The molecule has 0 aliphatic carbocycles. The van der Waals surface area contributed by atoms with Crippen LogP contribution >= 0.6 is 0 Å². The van der Waals surface area contributed by atoms with E-state index in [0.717, 1.165) is 29.0 Å². The van der Waals surface area contributed by atoms with E-state index in [9.17, 15) is 18.0 Å². The predicted molar refractivity (Wildman–Crippen MR) is 116 cm³/mol. The van der Waals surface area contributed by atoms with E-state index in [4.69, 9.17) is 4.74 Å². The Hall–Kier alpha value is -3.72. The number of methoxy groups -OCH3 is 1. The number of benzene rings is 2. The van der Waals surface area contributed by atoms with Crippen molar-refractivity contribution >= 4 is 11.6 Å². The molecule has 0 atom stereocenters. The maximum Gasteiger partial charge on any atom is 0.416 e. The van der Waals surface area contributed by atoms with Gasteiger partial charge in [-0.25, -0.2) is 9.50 Å². The lowest BCUT2D eigenvalue weighted by Crippen LogP contribution is -2.26. The monoisotopic (exact) mass is 454 g/mol. The van der Waals surface area contributed by atoms with Gasteiger partial charge < -0.3 is 10.1 Å². The molecule has 0 saturated heterocycles. The standard InChI is InChI=1S/C24H21F3N4O2/c1-15-21(17-8-4-3-5-9-17)22-28-13-19(20(14-33-2)31(22)30-15)23(32)29-12-16-7-6-10-18(11-16)24(25,26)27/h3-11,13H,12,14H2,1-2H3,(H,29,32). The predicted octanol–water partition coefficient (Wildman–Crippen LogP) is 4.80. The minimum Gasteiger partial charge on any atom is -0.378 e. The SMILES string of the molecule is COCc1c(C(=O)NCc2cccc(C(F)(F)F)c2)cnc2c(-c3ccccc3)c(C)nn12. The molecule has 170 valence electrons. The molecule has 2 heterocycles. The number of hydrogen-bond acceptors (Lipinski definition) is 4. The van der Waals surface area contributed by atoms with E-state index in [1.54, 1.807) is 4.52 Å². The third-order valence-corrected chi connectivity index (χ3v) is 5.21. The minimum atomic E-state index is -4.45. The molecular formula is C24H21F3N4O2. The summed E-state index contributed by atoms with van der Waals surface area (Å²) in [6.45, 7) is 1.89. The molecule has 6 nitrogen and oxygen atoms in total. The molecule has 0 fully saturated rings. The van der Waals surface area contributed by atoms with E-state index < -0.39 is 17.6 Å². The molecule has 0 aliphatic rings. The van der Waals surface area contributed by atoms with E-state index in [1.165, 1.54) is 25.4 Å². The molecule has 4 aromatic rings. The number of ether oxygens (including phenoxy) is 1. The average Bonchev–Trinajstić information content (AvgIpc) is 3.14. The number of nitrogens with one attached hydrogen (secondary N) is 1. The zero-order valence-corrected chi connectivity index (χ0v) is 18.0. The van der Waals surface area contributed by atoms with Gasteiger partial charge in [0.2, 0.25) is 0 Å². The van der Waals surface area contributed by atoms with Gasteiger partial charge in [0.1, 0.15) is 0 Å². The molecule has 1 N–H and O–H groups in total. The van der Waals surface area contributed by atoms with E-state index in [2.05, 4.69) is 15.4 Å². The summed E-state index contributed by atoms with van der Waals surface area (Å²) in [5.74, 6) is -0.483. The fraction of sp³-hybridized carbons (Fsp3) is 0.208. The lowest BCUT2D eigenvalue weighted by Gasteiger charge is -2.12. The second kappa shape index (κ2) is 9.03. The highest BCUT2D eigenvalue weighted by Crippen LogP contribution is 2.30. The summed E-state index contributed by atoms with van der Waals surface area (Å²) < 4.78 is 45.8. The number of amides is 1. The van der Waals surface area contributed by atoms with Crippen LogP contribution in [0.25, 0.3) is 16.8 Å². The van der Waals surface area contributed by atoms with Crippen molar-refractivity contribution in [2.24, 2.45) is 0 Å². The molecule has 0 unspecified atom stereocenters. The second-order valence-electron chi connectivity index (χ2n) is 7.49. The summed E-state index contributed by atoms with van der Waals surface area (Å²) in [4.78, 5) is 17.4. The molecule has 4 rings (SSSR count). The van der Waals surface area contributed by atoms with Crippen LogP contribution in [-0.2, 0) is 24.1 Å². The van der Waals surface area contributed by atoms with E-state index in [0.29, 0.717) is 16.9 Å². The molecule has 0 radical (unpaired) electrons. The number of carbonyl (C=O) groups excluding carboxylic acids is 1. The number of hydrogen-bond donors (Lipinski definition) is 1. The molecule has 0 saturated carbocycles. The number of aryl methyl sites for hydroxylation is 1. The first kappa shape index (κ1) is 22.5. The number of halogens is 3. The third-order valence-electron chi connectivity index (χ3n) is 5.21. The topological polar surface area (TPSA) is 68.5 Å². The van der Waals surface area contributed by atoms with Crippen molar-refractivity contribution < 1.29 is 22.7 Å². The van der Waals surface area contributed by atoms with Crippen molar-refractivity contribution in [3.8, 4) is 11.1 Å². The van der Waals surface area contributed by atoms with Crippen molar-refractivity contribution in [2.75, 3.05) is 7.11 Å². The normalized spacial score (nSPS) is 11.7. The second-order valence-corrected chi connectivity index (χ2v) is 7.49. The molecule has 0 spiro atoms. The first-order chi connectivity index (χ1) is 15.8. The van der Waals surface area contributed by atoms with Gasteiger partial charge in [-0.15, -0.1) is 0 Å². The summed E-state index contributed by atoms with van der Waals surface area (Å²) in [6.07, 6.45) is -3.01. The van der Waals surface area contributed by atoms with Gasteiger partial charge in [-0.3, -0.25) is 4.79 Å². The molecule has 9 heteroatoms. The molecule has 2 aromatic carbocycles. The van der Waals surface area contributed by atoms with Crippen molar-refractivity contribution in [3.05, 3.63) is 88.9 Å². The lowest BCUT2D eigenvalue weighted by molar-refractivity contribution is -0.137. The average molecular weight is 454 g/mol. The van der Waals surface area contributed by atoms with Crippen LogP contribution in [0, 0.1) is 6.92 Å². The Morgan fingerprint density at radius 3 is 2.58 bits per heavy atom. The van der Waals surface area contributed by atoms with Crippen LogP contribution < -0.4 is 5.32 Å². The van der Waals surface area contributed by atoms with Gasteiger partial charge in [0, 0.05) is 25.4 Å². The largest absolute Gasteiger partial charge is 0.416 e. The highest BCUT2D eigenvalue weighted by atomic mass is 19.4. The Morgan fingerprint density at radius 1 is 1.12 bits per heavy atom. The first-order valence-corrected chi connectivity index (χ1v) is 10.2. The Labute approximate surface area is 188 Å². The van der Waals surface area contributed by atoms with Gasteiger partial charge >= 0.3 is 6.18 Å². The van der Waals surface area contributed by atoms with Gasteiger partial charge in [0.15, 0.2) is 5.65 Å². The van der Waals surface area contributed by atoms with Crippen molar-refractivity contribution in [2.45, 2.75) is 26.3 Å². The quantitative estimate of drug-likeness (QED) is 0.455. The lowest BCUT2D eigenvalue weighted by atomic mass is 10.1. The van der Waals surface area contributed by atoms with Gasteiger partial charge in [0.05, 0.1) is 29.1 Å². The zero-order valence-electron chi connectivity index (χ0n) is 18.0. The Balaban J connectivity index is 1.66. The molecule has 2 aromatic heterocycles. The molecule has 33 heavy (non-hydrogen) atoms. The molecular weight excluding hydrogens is 433 g/mol. The number of alkyl halides is 3. The number of rotatable bonds is 6. The number of aromatic nitrogens is 3. The van der Waals surface area contributed by atoms with Crippen molar-refractivity contribution in [1.82, 2.24) is 19.9 Å². The van der Waals surface area contributed by atoms with E-state index >= 15 is 0 Å². The van der Waals surface area contributed by atoms with Crippen LogP contribution in [0.3, 0.4) is 0 Å². The highest BCUT2D eigenvalue weighted by Gasteiger charge is 2.30. The maximum atomic E-state index is 13.0. The fourth-order valence-corrected chi connectivity index (χ4v) is 3.68. The zero-order chi connectivity index (χ0) is 23.6.